The molecular weight excluding hydrogens is 434 g/mol. The summed E-state index contributed by atoms with van der Waals surface area (Å²) in [6, 6.07) is 19.8. The Bertz CT molecular complexity index is 1430. The van der Waals surface area contributed by atoms with Crippen LogP contribution >= 0.6 is 11.3 Å². The predicted octanol–water partition coefficient (Wildman–Crippen LogP) is 4.92. The minimum Gasteiger partial charge on any atom is -0.465 e. The van der Waals surface area contributed by atoms with Crippen LogP contribution < -0.4 is 5.32 Å². The van der Waals surface area contributed by atoms with E-state index >= 15 is 0 Å². The van der Waals surface area contributed by atoms with E-state index in [0.29, 0.717) is 12.1 Å². The van der Waals surface area contributed by atoms with Crippen LogP contribution in [0.5, 0.6) is 0 Å². The molecule has 6 nitrogen and oxygen atoms in total. The van der Waals surface area contributed by atoms with Gasteiger partial charge in [-0.25, -0.2) is 4.79 Å². The Morgan fingerprint density at radius 2 is 1.85 bits per heavy atom. The summed E-state index contributed by atoms with van der Waals surface area (Å²) in [6.07, 6.45) is 3.72. The summed E-state index contributed by atoms with van der Waals surface area (Å²) in [5.74, 6) is -0.492. The number of methoxy groups -OCH3 is 1. The Kier molecular flexibility index (Phi) is 5.71. The largest absolute Gasteiger partial charge is 0.465 e. The first-order valence-corrected chi connectivity index (χ1v) is 11.6. The third kappa shape index (κ3) is 4.03. The maximum absolute atomic E-state index is 13.0. The van der Waals surface area contributed by atoms with E-state index in [4.69, 9.17) is 4.74 Å². The summed E-state index contributed by atoms with van der Waals surface area (Å²) in [5, 5.41) is 7.09. The van der Waals surface area contributed by atoms with Gasteiger partial charge in [0.1, 0.15) is 6.54 Å². The van der Waals surface area contributed by atoms with Gasteiger partial charge >= 0.3 is 5.97 Å². The molecular formula is C26H23N3O3S. The number of fused-ring (bicyclic) bond motifs is 2. The Morgan fingerprint density at radius 3 is 2.64 bits per heavy atom. The summed E-state index contributed by atoms with van der Waals surface area (Å²) in [5.41, 5.74) is 3.51. The lowest BCUT2D eigenvalue weighted by Crippen LogP contribution is -2.31. The van der Waals surface area contributed by atoms with Gasteiger partial charge in [0.25, 0.3) is 0 Å². The average molecular weight is 458 g/mol. The van der Waals surface area contributed by atoms with Crippen LogP contribution in [0.1, 0.15) is 26.7 Å². The number of H-pyrrole nitrogens is 1. The number of amides is 1. The lowest BCUT2D eigenvalue weighted by Gasteiger charge is -2.17. The molecule has 2 N–H and O–H groups in total. The minimum atomic E-state index is -0.414. The van der Waals surface area contributed by atoms with Crippen molar-refractivity contribution in [3.63, 3.8) is 0 Å². The standard InChI is InChI=1S/C26H23N3O3S/c1-32-26(31)21-15-29(23-10-5-3-8-18(21)23)16-25(30)28-14-20(24-11-6-12-33-24)19-13-27-22-9-4-2-7-17(19)22/h2-13,15,20,27H,14,16H2,1H3,(H,28,30)/t20-/m1/s1. The number of para-hydroxylation sites is 2. The van der Waals surface area contributed by atoms with E-state index in [1.54, 1.807) is 22.1 Å². The van der Waals surface area contributed by atoms with Crippen LogP contribution in [0.2, 0.25) is 0 Å². The molecule has 0 saturated carbocycles. The molecule has 3 heterocycles. The Labute approximate surface area is 194 Å². The monoisotopic (exact) mass is 457 g/mol. The second-order valence-electron chi connectivity index (χ2n) is 7.84. The number of hydrogen-bond donors (Lipinski definition) is 2. The second kappa shape index (κ2) is 8.96. The first-order valence-electron chi connectivity index (χ1n) is 10.7. The van der Waals surface area contributed by atoms with Crippen LogP contribution in [0, 0.1) is 0 Å². The van der Waals surface area contributed by atoms with Gasteiger partial charge in [0, 0.05) is 51.5 Å². The fourth-order valence-electron chi connectivity index (χ4n) is 4.31. The van der Waals surface area contributed by atoms with Crippen molar-refractivity contribution in [2.24, 2.45) is 0 Å². The number of nitrogens with zero attached hydrogens (tertiary/aromatic N) is 1. The minimum absolute atomic E-state index is 0.0390. The van der Waals surface area contributed by atoms with Crippen molar-refractivity contribution in [1.82, 2.24) is 14.9 Å². The second-order valence-corrected chi connectivity index (χ2v) is 8.82. The van der Waals surface area contributed by atoms with Crippen molar-refractivity contribution in [1.29, 1.82) is 0 Å². The van der Waals surface area contributed by atoms with E-state index in [1.807, 2.05) is 48.7 Å². The van der Waals surface area contributed by atoms with E-state index in [1.165, 1.54) is 12.0 Å². The third-order valence-corrected chi connectivity index (χ3v) is 6.88. The van der Waals surface area contributed by atoms with E-state index in [2.05, 4.69) is 33.9 Å². The topological polar surface area (TPSA) is 76.1 Å². The molecule has 5 rings (SSSR count). The van der Waals surface area contributed by atoms with Crippen LogP contribution in [0.4, 0.5) is 0 Å². The number of carbonyl (C=O) groups excluding carboxylic acids is 2. The zero-order chi connectivity index (χ0) is 22.8. The van der Waals surface area contributed by atoms with Crippen molar-refractivity contribution in [2.75, 3.05) is 13.7 Å². The quantitative estimate of drug-likeness (QED) is 0.341. The number of aromatic nitrogens is 2. The van der Waals surface area contributed by atoms with Gasteiger partial charge in [-0.1, -0.05) is 42.5 Å². The smallest absolute Gasteiger partial charge is 0.340 e. The van der Waals surface area contributed by atoms with Crippen molar-refractivity contribution in [2.45, 2.75) is 12.5 Å². The lowest BCUT2D eigenvalue weighted by molar-refractivity contribution is -0.121. The van der Waals surface area contributed by atoms with Crippen LogP contribution in [0.3, 0.4) is 0 Å². The third-order valence-electron chi connectivity index (χ3n) is 5.89. The summed E-state index contributed by atoms with van der Waals surface area (Å²) >= 11 is 1.68. The highest BCUT2D eigenvalue weighted by Gasteiger charge is 2.21. The Morgan fingerprint density at radius 1 is 1.06 bits per heavy atom. The SMILES string of the molecule is COC(=O)c1cn(CC(=O)NC[C@@H](c2cccs2)c2c[nH]c3ccccc23)c2ccccc12. The van der Waals surface area contributed by atoms with Crippen molar-refractivity contribution >= 4 is 45.0 Å². The van der Waals surface area contributed by atoms with E-state index < -0.39 is 5.97 Å². The van der Waals surface area contributed by atoms with Crippen molar-refractivity contribution < 1.29 is 14.3 Å². The molecule has 166 valence electrons. The molecule has 0 radical (unpaired) electrons. The van der Waals surface area contributed by atoms with Gasteiger partial charge in [0.2, 0.25) is 5.91 Å². The molecule has 0 fully saturated rings. The lowest BCUT2D eigenvalue weighted by atomic mass is 9.96. The number of nitrogens with one attached hydrogen (secondary N) is 2. The molecule has 0 saturated heterocycles. The summed E-state index contributed by atoms with van der Waals surface area (Å²) in [4.78, 5) is 29.7. The van der Waals surface area contributed by atoms with Gasteiger partial charge < -0.3 is 19.6 Å². The van der Waals surface area contributed by atoms with Gasteiger partial charge in [-0.3, -0.25) is 4.79 Å². The first kappa shape index (κ1) is 21.0. The fourth-order valence-corrected chi connectivity index (χ4v) is 5.16. The summed E-state index contributed by atoms with van der Waals surface area (Å²) in [6.45, 7) is 0.590. The first-order chi connectivity index (χ1) is 16.2. The molecule has 3 aromatic heterocycles. The molecule has 0 unspecified atom stereocenters. The highest BCUT2D eigenvalue weighted by atomic mass is 32.1. The molecule has 0 aliphatic rings. The van der Waals surface area contributed by atoms with Crippen LogP contribution in [0.25, 0.3) is 21.8 Å². The Hall–Kier alpha value is -3.84. The van der Waals surface area contributed by atoms with E-state index in [0.717, 1.165) is 27.4 Å². The van der Waals surface area contributed by atoms with Crippen molar-refractivity contribution in [3.05, 3.63) is 94.4 Å². The average Bonchev–Trinajstić information content (AvgIpc) is 3.59. The van der Waals surface area contributed by atoms with Crippen molar-refractivity contribution in [3.8, 4) is 0 Å². The highest BCUT2D eigenvalue weighted by molar-refractivity contribution is 7.10. The maximum atomic E-state index is 13.0. The number of rotatable bonds is 7. The van der Waals surface area contributed by atoms with Gasteiger partial charge in [-0.2, -0.15) is 0 Å². The molecule has 5 aromatic rings. The number of carbonyl (C=O) groups is 2. The number of esters is 1. The number of thiophene rings is 1. The van der Waals surface area contributed by atoms with Gasteiger partial charge in [-0.15, -0.1) is 11.3 Å². The maximum Gasteiger partial charge on any atom is 0.340 e. The zero-order valence-electron chi connectivity index (χ0n) is 18.1. The fraction of sp³-hybridized carbons (Fsp3) is 0.154. The number of ether oxygens (including phenoxy) is 1. The summed E-state index contributed by atoms with van der Waals surface area (Å²) in [7, 11) is 1.36. The molecule has 7 heteroatoms. The highest BCUT2D eigenvalue weighted by Crippen LogP contribution is 2.32. The van der Waals surface area contributed by atoms with Gasteiger partial charge in [-0.05, 0) is 29.1 Å². The predicted molar refractivity (Wildman–Crippen MR) is 131 cm³/mol. The summed E-state index contributed by atoms with van der Waals surface area (Å²) < 4.78 is 6.70. The molecule has 0 aliphatic heterocycles. The molecule has 1 amide bonds. The van der Waals surface area contributed by atoms with Crippen LogP contribution in [-0.2, 0) is 16.1 Å². The van der Waals surface area contributed by atoms with E-state index in [9.17, 15) is 9.59 Å². The normalized spacial score (nSPS) is 12.2. The molecule has 0 aliphatic carbocycles. The molecule has 2 aromatic carbocycles. The molecule has 33 heavy (non-hydrogen) atoms. The van der Waals surface area contributed by atoms with Gasteiger partial charge in [0.15, 0.2) is 0 Å². The van der Waals surface area contributed by atoms with Crippen LogP contribution in [-0.4, -0.2) is 35.1 Å². The number of aromatic amines is 1. The number of benzene rings is 2. The van der Waals surface area contributed by atoms with Gasteiger partial charge in [0.05, 0.1) is 12.7 Å². The number of hydrogen-bond acceptors (Lipinski definition) is 4. The molecule has 1 atom stereocenters. The Balaban J connectivity index is 1.38. The zero-order valence-corrected chi connectivity index (χ0v) is 18.9. The molecule has 0 bridgehead atoms. The van der Waals surface area contributed by atoms with E-state index in [-0.39, 0.29) is 18.4 Å². The van der Waals surface area contributed by atoms with Crippen LogP contribution in [0.15, 0.2) is 78.4 Å². The molecule has 0 spiro atoms.